The van der Waals surface area contributed by atoms with Gasteiger partial charge < -0.3 is 10.1 Å². The lowest BCUT2D eigenvalue weighted by molar-refractivity contribution is 0.0673. The first-order valence-electron chi connectivity index (χ1n) is 5.84. The Bertz CT molecular complexity index is 304. The molecule has 1 rings (SSSR count). The van der Waals surface area contributed by atoms with Gasteiger partial charge in [-0.1, -0.05) is 25.5 Å². The first-order chi connectivity index (χ1) is 7.74. The second-order valence-electron chi connectivity index (χ2n) is 3.88. The van der Waals surface area contributed by atoms with Crippen LogP contribution in [0.1, 0.15) is 26.7 Å². The highest BCUT2D eigenvalue weighted by molar-refractivity contribution is 9.10. The number of para-hydroxylation sites is 1. The molecule has 2 nitrogen and oxygen atoms in total. The van der Waals surface area contributed by atoms with Gasteiger partial charge in [0.25, 0.3) is 0 Å². The summed E-state index contributed by atoms with van der Waals surface area (Å²) >= 11 is 3.50. The van der Waals surface area contributed by atoms with Gasteiger partial charge in [0.1, 0.15) is 0 Å². The fraction of sp³-hybridized carbons (Fsp3) is 0.538. The summed E-state index contributed by atoms with van der Waals surface area (Å²) in [6, 6.07) is 8.12. The molecule has 1 N–H and O–H groups in total. The zero-order chi connectivity index (χ0) is 11.8. The third-order valence-corrected chi connectivity index (χ3v) is 3.08. The van der Waals surface area contributed by atoms with Crippen LogP contribution in [0.4, 0.5) is 5.69 Å². The SMILES string of the molecule is CCCC(C)OCCNc1ccccc1Br. The van der Waals surface area contributed by atoms with E-state index in [1.165, 1.54) is 6.42 Å². The van der Waals surface area contributed by atoms with Crippen molar-refractivity contribution < 1.29 is 4.74 Å². The third kappa shape index (κ3) is 4.99. The molecule has 1 unspecified atom stereocenters. The summed E-state index contributed by atoms with van der Waals surface area (Å²) in [6.45, 7) is 5.90. The van der Waals surface area contributed by atoms with Crippen LogP contribution in [-0.4, -0.2) is 19.3 Å². The molecule has 1 aromatic carbocycles. The van der Waals surface area contributed by atoms with E-state index in [-0.39, 0.29) is 0 Å². The van der Waals surface area contributed by atoms with Gasteiger partial charge in [0, 0.05) is 16.7 Å². The Kier molecular flexibility index (Phi) is 6.50. The Morgan fingerprint density at radius 1 is 1.38 bits per heavy atom. The molecule has 3 heteroatoms. The Balaban J connectivity index is 2.19. The minimum atomic E-state index is 0.367. The third-order valence-electron chi connectivity index (χ3n) is 2.39. The van der Waals surface area contributed by atoms with E-state index in [1.807, 2.05) is 18.2 Å². The summed E-state index contributed by atoms with van der Waals surface area (Å²) in [5.41, 5.74) is 1.12. The molecular weight excluding hydrogens is 266 g/mol. The Morgan fingerprint density at radius 3 is 2.81 bits per heavy atom. The molecule has 0 saturated carbocycles. The maximum atomic E-state index is 5.67. The van der Waals surface area contributed by atoms with Gasteiger partial charge in [-0.15, -0.1) is 0 Å². The van der Waals surface area contributed by atoms with Gasteiger partial charge in [0.2, 0.25) is 0 Å². The summed E-state index contributed by atoms with van der Waals surface area (Å²) in [5.74, 6) is 0. The zero-order valence-electron chi connectivity index (χ0n) is 10.0. The number of nitrogens with one attached hydrogen (secondary N) is 1. The Hall–Kier alpha value is -0.540. The summed E-state index contributed by atoms with van der Waals surface area (Å²) in [4.78, 5) is 0. The molecule has 0 fully saturated rings. The molecule has 0 aliphatic carbocycles. The number of halogens is 1. The molecule has 90 valence electrons. The monoisotopic (exact) mass is 285 g/mol. The van der Waals surface area contributed by atoms with Crippen LogP contribution in [0.5, 0.6) is 0 Å². The van der Waals surface area contributed by atoms with Crippen molar-refractivity contribution in [3.05, 3.63) is 28.7 Å². The van der Waals surface area contributed by atoms with E-state index in [0.29, 0.717) is 6.10 Å². The van der Waals surface area contributed by atoms with Crippen LogP contribution >= 0.6 is 15.9 Å². The second-order valence-corrected chi connectivity index (χ2v) is 4.73. The van der Waals surface area contributed by atoms with Crippen molar-refractivity contribution >= 4 is 21.6 Å². The van der Waals surface area contributed by atoms with E-state index in [4.69, 9.17) is 4.74 Å². The van der Waals surface area contributed by atoms with Crippen LogP contribution in [0.3, 0.4) is 0 Å². The average molecular weight is 286 g/mol. The van der Waals surface area contributed by atoms with E-state index in [2.05, 4.69) is 41.2 Å². The lowest BCUT2D eigenvalue weighted by atomic mass is 10.2. The van der Waals surface area contributed by atoms with E-state index >= 15 is 0 Å². The molecule has 16 heavy (non-hydrogen) atoms. The van der Waals surface area contributed by atoms with Crippen molar-refractivity contribution in [1.82, 2.24) is 0 Å². The number of anilines is 1. The summed E-state index contributed by atoms with van der Waals surface area (Å²) in [5, 5.41) is 3.34. The van der Waals surface area contributed by atoms with Crippen LogP contribution in [0, 0.1) is 0 Å². The molecule has 0 bridgehead atoms. The second kappa shape index (κ2) is 7.69. The number of ether oxygens (including phenoxy) is 1. The van der Waals surface area contributed by atoms with Gasteiger partial charge >= 0.3 is 0 Å². The van der Waals surface area contributed by atoms with Crippen molar-refractivity contribution in [2.24, 2.45) is 0 Å². The average Bonchev–Trinajstić information content (AvgIpc) is 2.27. The van der Waals surface area contributed by atoms with E-state index in [1.54, 1.807) is 0 Å². The first kappa shape index (κ1) is 13.5. The molecule has 0 aliphatic heterocycles. The smallest absolute Gasteiger partial charge is 0.0642 e. The largest absolute Gasteiger partial charge is 0.382 e. The summed E-state index contributed by atoms with van der Waals surface area (Å²) < 4.78 is 6.76. The maximum Gasteiger partial charge on any atom is 0.0642 e. The van der Waals surface area contributed by atoms with Crippen molar-refractivity contribution in [3.8, 4) is 0 Å². The van der Waals surface area contributed by atoms with E-state index < -0.39 is 0 Å². The predicted molar refractivity (Wildman–Crippen MR) is 73.0 cm³/mol. The highest BCUT2D eigenvalue weighted by atomic mass is 79.9. The highest BCUT2D eigenvalue weighted by Crippen LogP contribution is 2.20. The molecule has 0 aliphatic rings. The molecule has 0 aromatic heterocycles. The van der Waals surface area contributed by atoms with E-state index in [0.717, 1.165) is 29.7 Å². The van der Waals surface area contributed by atoms with Crippen LogP contribution in [0.25, 0.3) is 0 Å². The fourth-order valence-corrected chi connectivity index (χ4v) is 1.97. The number of hydrogen-bond acceptors (Lipinski definition) is 2. The van der Waals surface area contributed by atoms with Crippen molar-refractivity contribution in [3.63, 3.8) is 0 Å². The van der Waals surface area contributed by atoms with Gasteiger partial charge in [-0.2, -0.15) is 0 Å². The number of rotatable bonds is 7. The number of benzene rings is 1. The summed E-state index contributed by atoms with van der Waals surface area (Å²) in [7, 11) is 0. The molecular formula is C13H20BrNO. The predicted octanol–water partition coefficient (Wildman–Crippen LogP) is 4.07. The van der Waals surface area contributed by atoms with Crippen molar-refractivity contribution in [2.45, 2.75) is 32.8 Å². The molecule has 0 radical (unpaired) electrons. The Morgan fingerprint density at radius 2 is 2.12 bits per heavy atom. The lowest BCUT2D eigenvalue weighted by Gasteiger charge is -2.13. The van der Waals surface area contributed by atoms with Gasteiger partial charge in [-0.25, -0.2) is 0 Å². The van der Waals surface area contributed by atoms with Gasteiger partial charge in [0.05, 0.1) is 12.7 Å². The molecule has 0 saturated heterocycles. The molecule has 1 atom stereocenters. The van der Waals surface area contributed by atoms with Gasteiger partial charge in [0.15, 0.2) is 0 Å². The molecule has 0 heterocycles. The standard InChI is InChI=1S/C13H20BrNO/c1-3-6-11(2)16-10-9-15-13-8-5-4-7-12(13)14/h4-5,7-8,11,15H,3,6,9-10H2,1-2H3. The minimum absolute atomic E-state index is 0.367. The summed E-state index contributed by atoms with van der Waals surface area (Å²) in [6.07, 6.45) is 2.68. The molecule has 0 amide bonds. The Labute approximate surface area is 107 Å². The maximum absolute atomic E-state index is 5.67. The lowest BCUT2D eigenvalue weighted by Crippen LogP contribution is -2.15. The van der Waals surface area contributed by atoms with Crippen molar-refractivity contribution in [2.75, 3.05) is 18.5 Å². The van der Waals surface area contributed by atoms with Crippen LogP contribution < -0.4 is 5.32 Å². The highest BCUT2D eigenvalue weighted by Gasteiger charge is 2.00. The van der Waals surface area contributed by atoms with Crippen LogP contribution in [-0.2, 0) is 4.74 Å². The normalized spacial score (nSPS) is 12.4. The topological polar surface area (TPSA) is 21.3 Å². The quantitative estimate of drug-likeness (QED) is 0.763. The van der Waals surface area contributed by atoms with Gasteiger partial charge in [-0.3, -0.25) is 0 Å². The van der Waals surface area contributed by atoms with Crippen LogP contribution in [0.2, 0.25) is 0 Å². The number of hydrogen-bond donors (Lipinski definition) is 1. The minimum Gasteiger partial charge on any atom is -0.382 e. The van der Waals surface area contributed by atoms with Gasteiger partial charge in [-0.05, 0) is 41.4 Å². The molecule has 1 aromatic rings. The first-order valence-corrected chi connectivity index (χ1v) is 6.63. The van der Waals surface area contributed by atoms with E-state index in [9.17, 15) is 0 Å². The van der Waals surface area contributed by atoms with Crippen molar-refractivity contribution in [1.29, 1.82) is 0 Å². The fourth-order valence-electron chi connectivity index (χ4n) is 1.54. The molecule has 0 spiro atoms. The van der Waals surface area contributed by atoms with Crippen LogP contribution in [0.15, 0.2) is 28.7 Å². The zero-order valence-corrected chi connectivity index (χ0v) is 11.6.